The molecule has 1 N–H and O–H groups in total. The van der Waals surface area contributed by atoms with E-state index in [9.17, 15) is 4.79 Å². The van der Waals surface area contributed by atoms with Crippen LogP contribution < -0.4 is 4.90 Å². The zero-order valence-electron chi connectivity index (χ0n) is 9.54. The third kappa shape index (κ3) is 3.58. The summed E-state index contributed by atoms with van der Waals surface area (Å²) in [5, 5.41) is 11.0. The van der Waals surface area contributed by atoms with Gasteiger partial charge in [-0.1, -0.05) is 18.2 Å². The van der Waals surface area contributed by atoms with Gasteiger partial charge in [-0.15, -0.1) is 11.3 Å². The van der Waals surface area contributed by atoms with Crippen molar-refractivity contribution in [2.45, 2.75) is 6.54 Å². The van der Waals surface area contributed by atoms with Crippen LogP contribution in [0, 0.1) is 0 Å². The van der Waals surface area contributed by atoms with Gasteiger partial charge in [0.05, 0.1) is 6.54 Å². The van der Waals surface area contributed by atoms with Crippen molar-refractivity contribution in [2.24, 2.45) is 0 Å². The summed E-state index contributed by atoms with van der Waals surface area (Å²) in [7, 11) is 0. The minimum absolute atomic E-state index is 0.000464. The molecule has 0 radical (unpaired) electrons. The molecular weight excluding hydrogens is 314 g/mol. The molecule has 1 aromatic carbocycles. The number of hydrogen-bond acceptors (Lipinski definition) is 3. The molecule has 0 aliphatic rings. The van der Waals surface area contributed by atoms with E-state index in [4.69, 9.17) is 5.11 Å². The number of benzene rings is 1. The molecule has 0 fully saturated rings. The predicted octanol–water partition coefficient (Wildman–Crippen LogP) is 3.60. The normalized spacial score (nSPS) is 10.3. The third-order valence-electron chi connectivity index (χ3n) is 2.42. The Labute approximate surface area is 118 Å². The largest absolute Gasteiger partial charge is 0.480 e. The first-order valence-electron chi connectivity index (χ1n) is 5.40. The van der Waals surface area contributed by atoms with Gasteiger partial charge in [-0.25, -0.2) is 0 Å². The number of para-hydroxylation sites is 1. The number of rotatable bonds is 5. The highest BCUT2D eigenvalue weighted by molar-refractivity contribution is 9.10. The summed E-state index contributed by atoms with van der Waals surface area (Å²) in [5.74, 6) is -0.825. The Hall–Kier alpha value is -1.33. The van der Waals surface area contributed by atoms with E-state index in [0.29, 0.717) is 6.54 Å². The van der Waals surface area contributed by atoms with E-state index < -0.39 is 5.97 Å². The summed E-state index contributed by atoms with van der Waals surface area (Å²) in [5.41, 5.74) is 0.921. The van der Waals surface area contributed by atoms with Crippen LogP contribution in [0.3, 0.4) is 0 Å². The molecular formula is C13H12BrNO2S. The highest BCUT2D eigenvalue weighted by Gasteiger charge is 2.12. The summed E-state index contributed by atoms with van der Waals surface area (Å²) in [6.07, 6.45) is 0. The van der Waals surface area contributed by atoms with Crippen molar-refractivity contribution in [1.82, 2.24) is 0 Å². The second-order valence-electron chi connectivity index (χ2n) is 3.82. The lowest BCUT2D eigenvalue weighted by Gasteiger charge is -2.22. The van der Waals surface area contributed by atoms with E-state index in [1.165, 1.54) is 0 Å². The van der Waals surface area contributed by atoms with Gasteiger partial charge in [0.2, 0.25) is 0 Å². The number of thiophene rings is 1. The molecule has 94 valence electrons. The molecule has 0 unspecified atom stereocenters. The highest BCUT2D eigenvalue weighted by atomic mass is 79.9. The molecule has 2 aromatic rings. The maximum atomic E-state index is 10.9. The fraction of sp³-hybridized carbons (Fsp3) is 0.154. The van der Waals surface area contributed by atoms with E-state index in [0.717, 1.165) is 15.0 Å². The molecule has 0 bridgehead atoms. The van der Waals surface area contributed by atoms with Crippen LogP contribution in [0.4, 0.5) is 5.69 Å². The molecule has 0 amide bonds. The van der Waals surface area contributed by atoms with Gasteiger partial charge in [-0.2, -0.15) is 0 Å². The van der Waals surface area contributed by atoms with Crippen molar-refractivity contribution >= 4 is 38.9 Å². The van der Waals surface area contributed by atoms with Crippen LogP contribution in [0.1, 0.15) is 4.88 Å². The number of carbonyl (C=O) groups is 1. The maximum absolute atomic E-state index is 10.9. The molecule has 0 aliphatic heterocycles. The van der Waals surface area contributed by atoms with Crippen LogP contribution in [-0.2, 0) is 11.3 Å². The fourth-order valence-corrected chi connectivity index (χ4v) is 3.13. The summed E-state index contributed by atoms with van der Waals surface area (Å²) in [4.78, 5) is 13.9. The molecule has 0 atom stereocenters. The number of hydrogen-bond donors (Lipinski definition) is 1. The first-order valence-corrected chi connectivity index (χ1v) is 7.07. The molecule has 0 saturated heterocycles. The van der Waals surface area contributed by atoms with Crippen molar-refractivity contribution < 1.29 is 9.90 Å². The van der Waals surface area contributed by atoms with Gasteiger partial charge in [0.1, 0.15) is 6.54 Å². The van der Waals surface area contributed by atoms with Crippen LogP contribution in [0.15, 0.2) is 46.3 Å². The summed E-state index contributed by atoms with van der Waals surface area (Å²) >= 11 is 5.02. The number of carboxylic acid groups (broad SMARTS) is 1. The van der Waals surface area contributed by atoms with Gasteiger partial charge in [0, 0.05) is 20.4 Å². The number of nitrogens with zero attached hydrogens (tertiary/aromatic N) is 1. The Morgan fingerprint density at radius 3 is 2.61 bits per heavy atom. The van der Waals surface area contributed by atoms with E-state index in [2.05, 4.69) is 15.9 Å². The van der Waals surface area contributed by atoms with Crippen molar-refractivity contribution in [3.8, 4) is 0 Å². The first-order chi connectivity index (χ1) is 8.65. The highest BCUT2D eigenvalue weighted by Crippen LogP contribution is 2.23. The Bertz CT molecular complexity index is 527. The van der Waals surface area contributed by atoms with E-state index in [-0.39, 0.29) is 6.54 Å². The molecule has 0 aliphatic carbocycles. The number of aliphatic carboxylic acids is 1. The minimum Gasteiger partial charge on any atom is -0.480 e. The summed E-state index contributed by atoms with van der Waals surface area (Å²) in [6.45, 7) is 0.603. The Morgan fingerprint density at radius 2 is 2.06 bits per heavy atom. The van der Waals surface area contributed by atoms with Crippen LogP contribution in [0.5, 0.6) is 0 Å². The molecule has 2 rings (SSSR count). The van der Waals surface area contributed by atoms with Gasteiger partial charge in [-0.05, 0) is 34.1 Å². The fourth-order valence-electron chi connectivity index (χ4n) is 1.67. The van der Waals surface area contributed by atoms with E-state index in [1.807, 2.05) is 46.7 Å². The summed E-state index contributed by atoms with van der Waals surface area (Å²) in [6, 6.07) is 11.6. The van der Waals surface area contributed by atoms with Gasteiger partial charge in [-0.3, -0.25) is 4.79 Å². The Kier molecular flexibility index (Phi) is 4.38. The van der Waals surface area contributed by atoms with Gasteiger partial charge < -0.3 is 10.0 Å². The van der Waals surface area contributed by atoms with Crippen molar-refractivity contribution in [1.29, 1.82) is 0 Å². The quantitative estimate of drug-likeness (QED) is 0.913. The van der Waals surface area contributed by atoms with Crippen LogP contribution >= 0.6 is 27.3 Å². The second-order valence-corrected chi connectivity index (χ2v) is 5.73. The Morgan fingerprint density at radius 1 is 1.33 bits per heavy atom. The lowest BCUT2D eigenvalue weighted by Crippen LogP contribution is -2.28. The van der Waals surface area contributed by atoms with Gasteiger partial charge >= 0.3 is 5.97 Å². The van der Waals surface area contributed by atoms with E-state index in [1.54, 1.807) is 11.3 Å². The smallest absolute Gasteiger partial charge is 0.323 e. The van der Waals surface area contributed by atoms with Crippen LogP contribution in [0.25, 0.3) is 0 Å². The number of halogens is 1. The topological polar surface area (TPSA) is 40.5 Å². The van der Waals surface area contributed by atoms with Crippen molar-refractivity contribution in [3.05, 3.63) is 51.1 Å². The zero-order valence-corrected chi connectivity index (χ0v) is 11.9. The Balaban J connectivity index is 2.18. The van der Waals surface area contributed by atoms with Crippen molar-refractivity contribution in [2.75, 3.05) is 11.4 Å². The maximum Gasteiger partial charge on any atom is 0.323 e. The second kappa shape index (κ2) is 6.02. The lowest BCUT2D eigenvalue weighted by molar-refractivity contribution is -0.135. The monoisotopic (exact) mass is 325 g/mol. The number of anilines is 1. The molecule has 1 heterocycles. The van der Waals surface area contributed by atoms with Crippen LogP contribution in [-0.4, -0.2) is 17.6 Å². The average Bonchev–Trinajstić information content (AvgIpc) is 2.75. The average molecular weight is 326 g/mol. The lowest BCUT2D eigenvalue weighted by atomic mass is 10.2. The minimum atomic E-state index is -0.825. The molecule has 0 spiro atoms. The first kappa shape index (κ1) is 13.1. The van der Waals surface area contributed by atoms with Crippen LogP contribution in [0.2, 0.25) is 0 Å². The third-order valence-corrected chi connectivity index (χ3v) is 4.10. The predicted molar refractivity (Wildman–Crippen MR) is 77.1 cm³/mol. The molecule has 18 heavy (non-hydrogen) atoms. The van der Waals surface area contributed by atoms with Gasteiger partial charge in [0.25, 0.3) is 0 Å². The standard InChI is InChI=1S/C13H12BrNO2S/c14-10-6-12(18-9-10)7-15(8-13(16)17)11-4-2-1-3-5-11/h1-6,9H,7-8H2,(H,16,17). The molecule has 1 aromatic heterocycles. The SMILES string of the molecule is O=C(O)CN(Cc1cc(Br)cs1)c1ccccc1. The van der Waals surface area contributed by atoms with Gasteiger partial charge in [0.15, 0.2) is 0 Å². The number of carboxylic acids is 1. The molecule has 3 nitrogen and oxygen atoms in total. The van der Waals surface area contributed by atoms with E-state index >= 15 is 0 Å². The summed E-state index contributed by atoms with van der Waals surface area (Å²) < 4.78 is 1.03. The molecule has 5 heteroatoms. The van der Waals surface area contributed by atoms with Crippen molar-refractivity contribution in [3.63, 3.8) is 0 Å². The molecule has 0 saturated carbocycles. The zero-order chi connectivity index (χ0) is 13.0.